The van der Waals surface area contributed by atoms with Crippen molar-refractivity contribution in [1.82, 2.24) is 5.32 Å². The normalized spacial score (nSPS) is 25.4. The molecule has 1 saturated heterocycles. The highest BCUT2D eigenvalue weighted by atomic mass is 79.9. The lowest BCUT2D eigenvalue weighted by Crippen LogP contribution is -2.65. The molecule has 3 nitrogen and oxygen atoms in total. The van der Waals surface area contributed by atoms with Crippen molar-refractivity contribution < 1.29 is 4.74 Å². The van der Waals surface area contributed by atoms with Crippen molar-refractivity contribution in [3.8, 4) is 5.75 Å². The largest absolute Gasteiger partial charge is 0.467 e. The van der Waals surface area contributed by atoms with E-state index in [2.05, 4.69) is 61.1 Å². The first kappa shape index (κ1) is 15.4. The number of nitrogens with one attached hydrogen (secondary N) is 1. The molecule has 1 N–H and O–H groups in total. The van der Waals surface area contributed by atoms with E-state index in [0.717, 1.165) is 32.4 Å². The Kier molecular flexibility index (Phi) is 3.66. The molecule has 2 aliphatic heterocycles. The summed E-state index contributed by atoms with van der Waals surface area (Å²) in [7, 11) is 0. The van der Waals surface area contributed by atoms with Crippen LogP contribution in [0, 0.1) is 0 Å². The number of hydrogen-bond donors (Lipinski definition) is 1. The predicted octanol–water partition coefficient (Wildman–Crippen LogP) is 5.15. The number of nitrogens with zero attached hydrogens (tertiary/aromatic N) is 1. The van der Waals surface area contributed by atoms with Crippen LogP contribution in [0.5, 0.6) is 5.75 Å². The van der Waals surface area contributed by atoms with Gasteiger partial charge in [0.05, 0.1) is 6.04 Å². The fourth-order valence-corrected chi connectivity index (χ4v) is 4.56. The fourth-order valence-electron chi connectivity index (χ4n) is 3.35. The first-order valence-corrected chi connectivity index (χ1v) is 9.30. The Labute approximate surface area is 157 Å². The molecule has 2 aromatic rings. The SMILES string of the molecule is CC12CC(NC(=S)N1c1cccc(Br)c1)c1cc(Br)ccc1O2. The summed E-state index contributed by atoms with van der Waals surface area (Å²) in [6, 6.07) is 14.4. The second-order valence-electron chi connectivity index (χ2n) is 5.98. The molecule has 0 aliphatic carbocycles. The van der Waals surface area contributed by atoms with Crippen molar-refractivity contribution >= 4 is 54.9 Å². The Balaban J connectivity index is 1.81. The van der Waals surface area contributed by atoms with E-state index in [9.17, 15) is 0 Å². The molecule has 2 aromatic carbocycles. The molecule has 118 valence electrons. The van der Waals surface area contributed by atoms with Crippen LogP contribution in [-0.2, 0) is 0 Å². The van der Waals surface area contributed by atoms with Gasteiger partial charge in [0, 0.05) is 26.6 Å². The van der Waals surface area contributed by atoms with E-state index in [-0.39, 0.29) is 6.04 Å². The second-order valence-corrected chi connectivity index (χ2v) is 8.20. The third kappa shape index (κ3) is 2.57. The summed E-state index contributed by atoms with van der Waals surface area (Å²) < 4.78 is 8.45. The van der Waals surface area contributed by atoms with Crippen LogP contribution in [-0.4, -0.2) is 10.8 Å². The van der Waals surface area contributed by atoms with Crippen LogP contribution >= 0.6 is 44.1 Å². The third-order valence-electron chi connectivity index (χ3n) is 4.30. The van der Waals surface area contributed by atoms with Gasteiger partial charge >= 0.3 is 0 Å². The summed E-state index contributed by atoms with van der Waals surface area (Å²) in [6.07, 6.45) is 0.823. The Morgan fingerprint density at radius 2 is 2.00 bits per heavy atom. The molecule has 1 fully saturated rings. The van der Waals surface area contributed by atoms with Gasteiger partial charge in [0.25, 0.3) is 0 Å². The monoisotopic (exact) mass is 452 g/mol. The van der Waals surface area contributed by atoms with Crippen molar-refractivity contribution in [2.45, 2.75) is 25.1 Å². The topological polar surface area (TPSA) is 24.5 Å². The van der Waals surface area contributed by atoms with Gasteiger partial charge in [0.15, 0.2) is 10.8 Å². The summed E-state index contributed by atoms with van der Waals surface area (Å²) in [5, 5.41) is 4.15. The van der Waals surface area contributed by atoms with Crippen molar-refractivity contribution in [3.63, 3.8) is 0 Å². The van der Waals surface area contributed by atoms with Gasteiger partial charge in [-0.15, -0.1) is 0 Å². The molecule has 2 atom stereocenters. The van der Waals surface area contributed by atoms with Crippen LogP contribution in [0.2, 0.25) is 0 Å². The summed E-state index contributed by atoms with van der Waals surface area (Å²) in [5.74, 6) is 0.905. The summed E-state index contributed by atoms with van der Waals surface area (Å²) in [6.45, 7) is 2.10. The zero-order valence-electron chi connectivity index (χ0n) is 12.3. The molecular weight excluding hydrogens is 440 g/mol. The number of rotatable bonds is 1. The maximum atomic E-state index is 6.38. The minimum Gasteiger partial charge on any atom is -0.467 e. The Morgan fingerprint density at radius 1 is 1.22 bits per heavy atom. The average molecular weight is 454 g/mol. The number of ether oxygens (including phenoxy) is 1. The molecule has 2 bridgehead atoms. The lowest BCUT2D eigenvalue weighted by molar-refractivity contribution is 0.0497. The molecule has 0 radical (unpaired) electrons. The van der Waals surface area contributed by atoms with Gasteiger partial charge in [-0.05, 0) is 55.5 Å². The molecule has 6 heteroatoms. The van der Waals surface area contributed by atoms with Gasteiger partial charge in [-0.3, -0.25) is 4.90 Å². The van der Waals surface area contributed by atoms with E-state index >= 15 is 0 Å². The fraction of sp³-hybridized carbons (Fsp3) is 0.235. The minimum atomic E-state index is -0.505. The van der Waals surface area contributed by atoms with E-state index in [4.69, 9.17) is 17.0 Å². The number of thiocarbonyl (C=S) groups is 1. The molecular formula is C17H14Br2N2OS. The minimum absolute atomic E-state index is 0.164. The number of anilines is 1. The average Bonchev–Trinajstić information content (AvgIpc) is 2.47. The second kappa shape index (κ2) is 5.46. The number of halogens is 2. The summed E-state index contributed by atoms with van der Waals surface area (Å²) in [5.41, 5.74) is 1.65. The third-order valence-corrected chi connectivity index (χ3v) is 5.59. The highest BCUT2D eigenvalue weighted by Crippen LogP contribution is 2.46. The molecule has 23 heavy (non-hydrogen) atoms. The number of hydrogen-bond acceptors (Lipinski definition) is 2. The van der Waals surface area contributed by atoms with Gasteiger partial charge in [-0.1, -0.05) is 37.9 Å². The van der Waals surface area contributed by atoms with Gasteiger partial charge in [-0.25, -0.2) is 0 Å². The molecule has 0 aromatic heterocycles. The molecule has 0 spiro atoms. The first-order chi connectivity index (χ1) is 11.0. The summed E-state index contributed by atoms with van der Waals surface area (Å²) >= 11 is 12.7. The quantitative estimate of drug-likeness (QED) is 0.603. The van der Waals surface area contributed by atoms with Gasteiger partial charge in [0.1, 0.15) is 5.75 Å². The molecule has 0 amide bonds. The molecule has 2 unspecified atom stereocenters. The van der Waals surface area contributed by atoms with E-state index in [1.54, 1.807) is 0 Å². The highest BCUT2D eigenvalue weighted by Gasteiger charge is 2.48. The van der Waals surface area contributed by atoms with Gasteiger partial charge in [0.2, 0.25) is 0 Å². The molecule has 4 rings (SSSR count). The van der Waals surface area contributed by atoms with Crippen LogP contribution in [0.4, 0.5) is 5.69 Å². The van der Waals surface area contributed by atoms with E-state index in [1.807, 2.05) is 30.3 Å². The van der Waals surface area contributed by atoms with Crippen molar-refractivity contribution in [2.24, 2.45) is 0 Å². The van der Waals surface area contributed by atoms with E-state index in [1.165, 1.54) is 0 Å². The molecule has 2 aliphatic rings. The molecule has 0 saturated carbocycles. The van der Waals surface area contributed by atoms with E-state index in [0.29, 0.717) is 5.11 Å². The zero-order valence-corrected chi connectivity index (χ0v) is 16.3. The van der Waals surface area contributed by atoms with Crippen LogP contribution < -0.4 is 15.0 Å². The summed E-state index contributed by atoms with van der Waals surface area (Å²) in [4.78, 5) is 2.06. The lowest BCUT2D eigenvalue weighted by Gasteiger charge is -2.52. The first-order valence-electron chi connectivity index (χ1n) is 7.31. The lowest BCUT2D eigenvalue weighted by atomic mass is 9.90. The van der Waals surface area contributed by atoms with Crippen LogP contribution in [0.3, 0.4) is 0 Å². The highest BCUT2D eigenvalue weighted by molar-refractivity contribution is 9.10. The Hall–Kier alpha value is -1.11. The van der Waals surface area contributed by atoms with Crippen molar-refractivity contribution in [1.29, 1.82) is 0 Å². The van der Waals surface area contributed by atoms with E-state index < -0.39 is 5.72 Å². The molecule has 2 heterocycles. The van der Waals surface area contributed by atoms with Crippen LogP contribution in [0.25, 0.3) is 0 Å². The van der Waals surface area contributed by atoms with Gasteiger partial charge < -0.3 is 10.1 Å². The Morgan fingerprint density at radius 3 is 2.78 bits per heavy atom. The number of benzene rings is 2. The van der Waals surface area contributed by atoms with Crippen LogP contribution in [0.15, 0.2) is 51.4 Å². The Bertz CT molecular complexity index is 813. The zero-order chi connectivity index (χ0) is 16.2. The smallest absolute Gasteiger partial charge is 0.188 e. The maximum Gasteiger partial charge on any atom is 0.188 e. The van der Waals surface area contributed by atoms with Crippen LogP contribution in [0.1, 0.15) is 24.9 Å². The van der Waals surface area contributed by atoms with Gasteiger partial charge in [-0.2, -0.15) is 0 Å². The maximum absolute atomic E-state index is 6.38. The predicted molar refractivity (Wildman–Crippen MR) is 103 cm³/mol. The van der Waals surface area contributed by atoms with Crippen molar-refractivity contribution in [2.75, 3.05) is 4.90 Å². The number of fused-ring (bicyclic) bond motifs is 4. The van der Waals surface area contributed by atoms with Crippen molar-refractivity contribution in [3.05, 3.63) is 57.0 Å². The standard InChI is InChI=1S/C17H14Br2N2OS/c1-17-9-14(13-8-11(19)5-6-15(13)22-17)20-16(23)21(17)12-4-2-3-10(18)7-12/h2-8,14H,9H2,1H3,(H,20,23).